The summed E-state index contributed by atoms with van der Waals surface area (Å²) in [6, 6.07) is 9.53. The number of carbonyl (C=O) groups is 2. The van der Waals surface area contributed by atoms with Gasteiger partial charge in [-0.3, -0.25) is 9.59 Å². The lowest BCUT2D eigenvalue weighted by Crippen LogP contribution is -2.71. The highest BCUT2D eigenvalue weighted by molar-refractivity contribution is 6.28. The van der Waals surface area contributed by atoms with Crippen molar-refractivity contribution in [2.24, 2.45) is 0 Å². The van der Waals surface area contributed by atoms with Crippen LogP contribution < -0.4 is 4.90 Å². The van der Waals surface area contributed by atoms with E-state index in [1.54, 1.807) is 0 Å². The van der Waals surface area contributed by atoms with E-state index in [0.29, 0.717) is 24.5 Å². The molecule has 1 aromatic heterocycles. The van der Waals surface area contributed by atoms with Crippen molar-refractivity contribution in [2.45, 2.75) is 56.7 Å². The standard InChI is InChI=1S/C22H23ClN4O2/c23-21-24-12-16-18(28)11-17-20(29)26(13-15-7-3-1-4-8-15)14-22(9-5-2-6-10-22)27(17)19(16)25-21/h1,3-4,7-8,12,17H,2,5-6,9-11,13-14H2. The summed E-state index contributed by atoms with van der Waals surface area (Å²) in [6.45, 7) is 1.21. The Balaban J connectivity index is 1.58. The number of benzene rings is 1. The number of Topliss-reactive ketones (excluding diaryl/α,β-unsaturated/α-hetero) is 1. The van der Waals surface area contributed by atoms with Gasteiger partial charge in [-0.05, 0) is 30.0 Å². The summed E-state index contributed by atoms with van der Waals surface area (Å²) in [5.74, 6) is 0.457. The van der Waals surface area contributed by atoms with E-state index < -0.39 is 6.04 Å². The van der Waals surface area contributed by atoms with Crippen LogP contribution in [0.3, 0.4) is 0 Å². The summed E-state index contributed by atoms with van der Waals surface area (Å²) < 4.78 is 0. The predicted molar refractivity (Wildman–Crippen MR) is 110 cm³/mol. The minimum Gasteiger partial charge on any atom is -0.336 e. The van der Waals surface area contributed by atoms with Gasteiger partial charge in [0.05, 0.1) is 11.1 Å². The van der Waals surface area contributed by atoms with Gasteiger partial charge in [-0.25, -0.2) is 4.98 Å². The van der Waals surface area contributed by atoms with Crippen molar-refractivity contribution >= 4 is 29.1 Å². The van der Waals surface area contributed by atoms with Crippen molar-refractivity contribution in [3.8, 4) is 0 Å². The van der Waals surface area contributed by atoms with Crippen LogP contribution in [0.4, 0.5) is 5.82 Å². The molecule has 150 valence electrons. The Morgan fingerprint density at radius 3 is 2.62 bits per heavy atom. The Morgan fingerprint density at radius 1 is 1.10 bits per heavy atom. The van der Waals surface area contributed by atoms with Crippen LogP contribution in [0.25, 0.3) is 0 Å². The Labute approximate surface area is 174 Å². The number of rotatable bonds is 2. The summed E-state index contributed by atoms with van der Waals surface area (Å²) in [5.41, 5.74) is 1.38. The zero-order valence-electron chi connectivity index (χ0n) is 16.2. The molecular weight excluding hydrogens is 388 g/mol. The van der Waals surface area contributed by atoms with Crippen molar-refractivity contribution in [3.63, 3.8) is 0 Å². The maximum atomic E-state index is 13.5. The molecule has 1 spiro atoms. The van der Waals surface area contributed by atoms with Crippen molar-refractivity contribution in [1.82, 2.24) is 14.9 Å². The highest BCUT2D eigenvalue weighted by atomic mass is 35.5. The molecule has 1 aromatic carbocycles. The third-order valence-electron chi connectivity index (χ3n) is 6.55. The molecular formula is C22H23ClN4O2. The van der Waals surface area contributed by atoms with Gasteiger partial charge in [0.15, 0.2) is 5.78 Å². The smallest absolute Gasteiger partial charge is 0.246 e. The molecule has 1 saturated heterocycles. The van der Waals surface area contributed by atoms with Gasteiger partial charge in [0.25, 0.3) is 0 Å². The van der Waals surface area contributed by atoms with E-state index >= 15 is 0 Å². The Hall–Kier alpha value is -2.47. The number of carbonyl (C=O) groups excluding carboxylic acids is 2. The number of amides is 1. The molecule has 6 nitrogen and oxygen atoms in total. The molecule has 7 heteroatoms. The first-order valence-corrected chi connectivity index (χ1v) is 10.6. The van der Waals surface area contributed by atoms with E-state index in [-0.39, 0.29) is 28.9 Å². The molecule has 0 bridgehead atoms. The molecule has 5 rings (SSSR count). The first kappa shape index (κ1) is 18.6. The average molecular weight is 411 g/mol. The monoisotopic (exact) mass is 410 g/mol. The van der Waals surface area contributed by atoms with Crippen LogP contribution in [-0.2, 0) is 11.3 Å². The molecule has 1 unspecified atom stereocenters. The van der Waals surface area contributed by atoms with E-state index in [2.05, 4.69) is 14.9 Å². The lowest BCUT2D eigenvalue weighted by Gasteiger charge is -2.57. The summed E-state index contributed by atoms with van der Waals surface area (Å²) in [4.78, 5) is 38.8. The summed E-state index contributed by atoms with van der Waals surface area (Å²) in [6.07, 6.45) is 7.07. The first-order valence-electron chi connectivity index (χ1n) is 10.3. The molecule has 2 aliphatic heterocycles. The Kier molecular flexibility index (Phi) is 4.54. The third-order valence-corrected chi connectivity index (χ3v) is 6.73. The van der Waals surface area contributed by atoms with Crippen LogP contribution in [0.5, 0.6) is 0 Å². The van der Waals surface area contributed by atoms with Crippen LogP contribution in [0.1, 0.15) is 54.4 Å². The van der Waals surface area contributed by atoms with Crippen molar-refractivity contribution < 1.29 is 9.59 Å². The molecule has 1 atom stereocenters. The van der Waals surface area contributed by atoms with Gasteiger partial charge in [-0.2, -0.15) is 4.98 Å². The first-order chi connectivity index (χ1) is 14.1. The van der Waals surface area contributed by atoms with E-state index in [9.17, 15) is 9.59 Å². The largest absolute Gasteiger partial charge is 0.336 e. The van der Waals surface area contributed by atoms with Crippen LogP contribution in [0.2, 0.25) is 5.28 Å². The number of halogens is 1. The van der Waals surface area contributed by atoms with Crippen molar-refractivity contribution in [1.29, 1.82) is 0 Å². The summed E-state index contributed by atoms with van der Waals surface area (Å²) in [5, 5.41) is 0.113. The Bertz CT molecular complexity index is 959. The zero-order valence-corrected chi connectivity index (χ0v) is 16.9. The second-order valence-electron chi connectivity index (χ2n) is 8.35. The quantitative estimate of drug-likeness (QED) is 0.707. The number of nitrogens with zero attached hydrogens (tertiary/aromatic N) is 4. The van der Waals surface area contributed by atoms with E-state index in [1.807, 2.05) is 35.2 Å². The van der Waals surface area contributed by atoms with Crippen molar-refractivity contribution in [2.75, 3.05) is 11.4 Å². The lowest BCUT2D eigenvalue weighted by molar-refractivity contribution is -0.138. The number of piperazine rings is 1. The summed E-state index contributed by atoms with van der Waals surface area (Å²) in [7, 11) is 0. The SMILES string of the molecule is O=C1CC2C(=O)N(Cc3ccccc3)CC3(CCCCC3)N2c2nc(Cl)ncc21. The molecule has 1 aliphatic carbocycles. The molecule has 1 saturated carbocycles. The van der Waals surface area contributed by atoms with E-state index in [4.69, 9.17) is 11.6 Å². The highest BCUT2D eigenvalue weighted by Crippen LogP contribution is 2.45. The normalized spacial score (nSPS) is 23.1. The molecule has 1 amide bonds. The van der Waals surface area contributed by atoms with E-state index in [1.165, 1.54) is 12.6 Å². The molecule has 0 N–H and O–H groups in total. The second kappa shape index (κ2) is 7.10. The zero-order chi connectivity index (χ0) is 20.0. The number of hydrogen-bond donors (Lipinski definition) is 0. The number of hydrogen-bond acceptors (Lipinski definition) is 5. The fourth-order valence-corrected chi connectivity index (χ4v) is 5.41. The molecule has 29 heavy (non-hydrogen) atoms. The summed E-state index contributed by atoms with van der Waals surface area (Å²) >= 11 is 6.10. The van der Waals surface area contributed by atoms with Gasteiger partial charge < -0.3 is 9.80 Å². The number of fused-ring (bicyclic) bond motifs is 4. The molecule has 2 aromatic rings. The number of aromatic nitrogens is 2. The van der Waals surface area contributed by atoms with Crippen molar-refractivity contribution in [3.05, 3.63) is 52.9 Å². The fourth-order valence-electron chi connectivity index (χ4n) is 5.28. The molecule has 3 aliphatic rings. The van der Waals surface area contributed by atoms with Gasteiger partial charge >= 0.3 is 0 Å². The molecule has 2 fully saturated rings. The van der Waals surface area contributed by atoms with E-state index in [0.717, 1.165) is 31.2 Å². The van der Waals surface area contributed by atoms with Crippen LogP contribution in [0.15, 0.2) is 36.5 Å². The topological polar surface area (TPSA) is 66.4 Å². The van der Waals surface area contributed by atoms with Gasteiger partial charge in [0.2, 0.25) is 11.2 Å². The van der Waals surface area contributed by atoms with Crippen LogP contribution in [0, 0.1) is 0 Å². The minimum atomic E-state index is -0.517. The second-order valence-corrected chi connectivity index (χ2v) is 8.69. The predicted octanol–water partition coefficient (Wildman–Crippen LogP) is 3.64. The lowest BCUT2D eigenvalue weighted by atomic mass is 9.75. The maximum Gasteiger partial charge on any atom is 0.246 e. The van der Waals surface area contributed by atoms with Gasteiger partial charge in [-0.1, -0.05) is 49.6 Å². The Morgan fingerprint density at radius 2 is 1.86 bits per heavy atom. The average Bonchev–Trinajstić information content (AvgIpc) is 2.73. The minimum absolute atomic E-state index is 0.00112. The van der Waals surface area contributed by atoms with Crippen LogP contribution >= 0.6 is 11.6 Å². The third kappa shape index (κ3) is 3.10. The van der Waals surface area contributed by atoms with Crippen LogP contribution in [-0.4, -0.2) is 44.7 Å². The van der Waals surface area contributed by atoms with Gasteiger partial charge in [-0.15, -0.1) is 0 Å². The fraction of sp³-hybridized carbons (Fsp3) is 0.455. The molecule has 3 heterocycles. The molecule has 0 radical (unpaired) electrons. The number of ketones is 1. The highest BCUT2D eigenvalue weighted by Gasteiger charge is 2.54. The van der Waals surface area contributed by atoms with Gasteiger partial charge in [0.1, 0.15) is 11.9 Å². The van der Waals surface area contributed by atoms with Gasteiger partial charge in [0, 0.05) is 25.7 Å². The number of anilines is 1. The maximum absolute atomic E-state index is 13.5.